The van der Waals surface area contributed by atoms with Gasteiger partial charge < -0.3 is 15.0 Å². The molecule has 1 unspecified atom stereocenters. The van der Waals surface area contributed by atoms with Crippen molar-refractivity contribution in [2.45, 2.75) is 19.9 Å². The van der Waals surface area contributed by atoms with Gasteiger partial charge in [0.2, 0.25) is 0 Å². The molecular formula is C16H24BrFIN3O. The molecule has 1 aliphatic rings. The Morgan fingerprint density at radius 1 is 1.52 bits per heavy atom. The van der Waals surface area contributed by atoms with Gasteiger partial charge in [0.1, 0.15) is 5.82 Å². The molecular weight excluding hydrogens is 476 g/mol. The van der Waals surface area contributed by atoms with Crippen LogP contribution < -0.4 is 5.32 Å². The zero-order valence-corrected chi connectivity index (χ0v) is 17.4. The van der Waals surface area contributed by atoms with Crippen LogP contribution in [0.5, 0.6) is 0 Å². The van der Waals surface area contributed by atoms with E-state index in [0.717, 1.165) is 48.7 Å². The third-order valence-corrected chi connectivity index (χ3v) is 4.50. The standard InChI is InChI=1S/C16H23BrFN3O.HI/c1-3-19-16(21-7-6-12(10-21)11-22-2)20-9-13-8-14(18)4-5-15(13)17;/h4-5,8,12H,3,6-7,9-11H2,1-2H3,(H,19,20);1H. The molecule has 1 saturated heterocycles. The van der Waals surface area contributed by atoms with Crippen molar-refractivity contribution < 1.29 is 9.13 Å². The second-order valence-electron chi connectivity index (χ2n) is 5.46. The minimum Gasteiger partial charge on any atom is -0.384 e. The quantitative estimate of drug-likeness (QED) is 0.382. The highest BCUT2D eigenvalue weighted by Gasteiger charge is 2.24. The van der Waals surface area contributed by atoms with Gasteiger partial charge >= 0.3 is 0 Å². The molecule has 0 radical (unpaired) electrons. The summed E-state index contributed by atoms with van der Waals surface area (Å²) < 4.78 is 19.5. The average Bonchev–Trinajstić information content (AvgIpc) is 2.95. The van der Waals surface area contributed by atoms with Crippen molar-refractivity contribution in [1.29, 1.82) is 0 Å². The van der Waals surface area contributed by atoms with Crippen LogP contribution in [-0.2, 0) is 11.3 Å². The number of guanidine groups is 1. The highest BCUT2D eigenvalue weighted by Crippen LogP contribution is 2.20. The number of hydrogen-bond acceptors (Lipinski definition) is 2. The first kappa shape index (κ1) is 20.6. The van der Waals surface area contributed by atoms with Crippen LogP contribution in [0.1, 0.15) is 18.9 Å². The fourth-order valence-electron chi connectivity index (χ4n) is 2.65. The summed E-state index contributed by atoms with van der Waals surface area (Å²) in [5, 5.41) is 3.32. The first-order valence-corrected chi connectivity index (χ1v) is 8.39. The maximum atomic E-state index is 13.3. The molecule has 1 aromatic rings. The molecule has 7 heteroatoms. The summed E-state index contributed by atoms with van der Waals surface area (Å²) in [4.78, 5) is 6.91. The molecule has 0 amide bonds. The number of methoxy groups -OCH3 is 1. The van der Waals surface area contributed by atoms with E-state index in [0.29, 0.717) is 12.5 Å². The minimum atomic E-state index is -0.236. The van der Waals surface area contributed by atoms with Crippen molar-refractivity contribution in [1.82, 2.24) is 10.2 Å². The average molecular weight is 500 g/mol. The zero-order chi connectivity index (χ0) is 15.9. The zero-order valence-electron chi connectivity index (χ0n) is 13.5. The summed E-state index contributed by atoms with van der Waals surface area (Å²) in [7, 11) is 1.74. The van der Waals surface area contributed by atoms with Crippen molar-refractivity contribution in [2.75, 3.05) is 33.4 Å². The molecule has 0 saturated carbocycles. The molecule has 1 aromatic carbocycles. The van der Waals surface area contributed by atoms with Gasteiger partial charge in [-0.2, -0.15) is 0 Å². The summed E-state index contributed by atoms with van der Waals surface area (Å²) in [5.41, 5.74) is 0.850. The molecule has 1 atom stereocenters. The molecule has 23 heavy (non-hydrogen) atoms. The van der Waals surface area contributed by atoms with Crippen molar-refractivity contribution in [3.8, 4) is 0 Å². The van der Waals surface area contributed by atoms with Gasteiger partial charge in [-0.15, -0.1) is 24.0 Å². The van der Waals surface area contributed by atoms with Crippen molar-refractivity contribution in [2.24, 2.45) is 10.9 Å². The Bertz CT molecular complexity index is 530. The fraction of sp³-hybridized carbons (Fsp3) is 0.562. The minimum absolute atomic E-state index is 0. The third kappa shape index (κ3) is 6.19. The number of nitrogens with zero attached hydrogens (tertiary/aromatic N) is 2. The second kappa shape index (κ2) is 10.5. The third-order valence-electron chi connectivity index (χ3n) is 3.73. The first-order valence-electron chi connectivity index (χ1n) is 7.60. The lowest BCUT2D eigenvalue weighted by atomic mass is 10.1. The molecule has 0 aliphatic carbocycles. The van der Waals surface area contributed by atoms with E-state index in [2.05, 4.69) is 38.1 Å². The Morgan fingerprint density at radius 2 is 2.30 bits per heavy atom. The van der Waals surface area contributed by atoms with Crippen LogP contribution in [0.2, 0.25) is 0 Å². The number of nitrogens with one attached hydrogen (secondary N) is 1. The second-order valence-corrected chi connectivity index (χ2v) is 6.32. The molecule has 1 aliphatic heterocycles. The molecule has 1 heterocycles. The van der Waals surface area contributed by atoms with Crippen LogP contribution in [0.3, 0.4) is 0 Å². The Kier molecular flexibility index (Phi) is 9.38. The van der Waals surface area contributed by atoms with Gasteiger partial charge in [0.15, 0.2) is 5.96 Å². The topological polar surface area (TPSA) is 36.9 Å². The normalized spacial score (nSPS) is 18.0. The Labute approximate surface area is 163 Å². The summed E-state index contributed by atoms with van der Waals surface area (Å²) in [6.07, 6.45) is 1.11. The van der Waals surface area contributed by atoms with Crippen LogP contribution >= 0.6 is 39.9 Å². The van der Waals surface area contributed by atoms with E-state index in [-0.39, 0.29) is 29.8 Å². The van der Waals surface area contributed by atoms with Gasteiger partial charge in [-0.1, -0.05) is 15.9 Å². The SMILES string of the molecule is CCNC(=NCc1cc(F)ccc1Br)N1CCC(COC)C1.I. The number of halogens is 3. The summed E-state index contributed by atoms with van der Waals surface area (Å²) in [6.45, 7) is 6.02. The van der Waals surface area contributed by atoms with E-state index < -0.39 is 0 Å². The van der Waals surface area contributed by atoms with Crippen LogP contribution in [0.25, 0.3) is 0 Å². The molecule has 130 valence electrons. The lowest BCUT2D eigenvalue weighted by molar-refractivity contribution is 0.157. The maximum absolute atomic E-state index is 13.3. The smallest absolute Gasteiger partial charge is 0.194 e. The van der Waals surface area contributed by atoms with Gasteiger partial charge in [-0.25, -0.2) is 9.38 Å². The predicted octanol–water partition coefficient (Wildman–Crippen LogP) is 3.64. The van der Waals surface area contributed by atoms with Gasteiger partial charge in [-0.3, -0.25) is 0 Å². The highest BCUT2D eigenvalue weighted by atomic mass is 127. The number of benzene rings is 1. The summed E-state index contributed by atoms with van der Waals surface area (Å²) >= 11 is 3.45. The van der Waals surface area contributed by atoms with E-state index in [1.165, 1.54) is 12.1 Å². The number of hydrogen-bond donors (Lipinski definition) is 1. The number of likely N-dealkylation sites (tertiary alicyclic amines) is 1. The fourth-order valence-corrected chi connectivity index (χ4v) is 3.02. The van der Waals surface area contributed by atoms with E-state index in [4.69, 9.17) is 4.74 Å². The summed E-state index contributed by atoms with van der Waals surface area (Å²) in [6, 6.07) is 4.69. The molecule has 4 nitrogen and oxygen atoms in total. The first-order chi connectivity index (χ1) is 10.6. The van der Waals surface area contributed by atoms with Crippen LogP contribution in [-0.4, -0.2) is 44.2 Å². The molecule has 2 rings (SSSR count). The Morgan fingerprint density at radius 3 is 3.00 bits per heavy atom. The van der Waals surface area contributed by atoms with Gasteiger partial charge in [0.05, 0.1) is 13.2 Å². The Hall–Kier alpha value is -0.410. The Balaban J connectivity index is 0.00000264. The predicted molar refractivity (Wildman–Crippen MR) is 106 cm³/mol. The molecule has 1 fully saturated rings. The van der Waals surface area contributed by atoms with Crippen molar-refractivity contribution in [3.63, 3.8) is 0 Å². The molecule has 1 N–H and O–H groups in total. The van der Waals surface area contributed by atoms with E-state index >= 15 is 0 Å². The lowest BCUT2D eigenvalue weighted by Crippen LogP contribution is -2.40. The summed E-state index contributed by atoms with van der Waals surface area (Å²) in [5.74, 6) is 1.20. The van der Waals surface area contributed by atoms with E-state index in [1.807, 2.05) is 0 Å². The maximum Gasteiger partial charge on any atom is 0.194 e. The molecule has 0 spiro atoms. The number of rotatable bonds is 5. The number of aliphatic imine (C=N–C) groups is 1. The van der Waals surface area contributed by atoms with E-state index in [9.17, 15) is 4.39 Å². The van der Waals surface area contributed by atoms with Gasteiger partial charge in [0.25, 0.3) is 0 Å². The van der Waals surface area contributed by atoms with Crippen LogP contribution in [0, 0.1) is 11.7 Å². The molecule has 0 aromatic heterocycles. The number of ether oxygens (including phenoxy) is 1. The largest absolute Gasteiger partial charge is 0.384 e. The van der Waals surface area contributed by atoms with E-state index in [1.54, 1.807) is 13.2 Å². The monoisotopic (exact) mass is 499 g/mol. The lowest BCUT2D eigenvalue weighted by Gasteiger charge is -2.21. The van der Waals surface area contributed by atoms with Crippen molar-refractivity contribution in [3.05, 3.63) is 34.1 Å². The van der Waals surface area contributed by atoms with Crippen LogP contribution in [0.15, 0.2) is 27.7 Å². The van der Waals surface area contributed by atoms with Crippen molar-refractivity contribution >= 4 is 45.9 Å². The van der Waals surface area contributed by atoms with Gasteiger partial charge in [0, 0.05) is 37.1 Å². The highest BCUT2D eigenvalue weighted by molar-refractivity contribution is 14.0. The molecule has 0 bridgehead atoms. The van der Waals surface area contributed by atoms with Gasteiger partial charge in [-0.05, 0) is 37.1 Å². The van der Waals surface area contributed by atoms with Crippen LogP contribution in [0.4, 0.5) is 4.39 Å².